The third-order valence-corrected chi connectivity index (χ3v) is 5.96. The molecule has 1 fully saturated rings. The molecule has 9 heteroatoms. The molecule has 1 aliphatic heterocycles. The van der Waals surface area contributed by atoms with E-state index in [-0.39, 0.29) is 5.69 Å². The predicted octanol–water partition coefficient (Wildman–Crippen LogP) is 2.13. The number of ether oxygens (including phenoxy) is 1. The van der Waals surface area contributed by atoms with Gasteiger partial charge in [0, 0.05) is 51.0 Å². The van der Waals surface area contributed by atoms with E-state index in [1.165, 1.54) is 11.5 Å². The molecule has 27 heavy (non-hydrogen) atoms. The van der Waals surface area contributed by atoms with E-state index in [2.05, 4.69) is 19.2 Å². The first-order chi connectivity index (χ1) is 13.2. The lowest BCUT2D eigenvalue weighted by Gasteiger charge is -2.31. The number of aryl methyl sites for hydroxylation is 1. The van der Waals surface area contributed by atoms with Gasteiger partial charge < -0.3 is 9.64 Å². The Hall–Kier alpha value is -2.26. The van der Waals surface area contributed by atoms with Crippen molar-refractivity contribution in [1.82, 2.24) is 23.5 Å². The Labute approximate surface area is 161 Å². The smallest absolute Gasteiger partial charge is 0.330 e. The summed E-state index contributed by atoms with van der Waals surface area (Å²) in [7, 11) is 1.65. The highest BCUT2D eigenvalue weighted by atomic mass is 32.1. The Bertz CT molecular complexity index is 970. The van der Waals surface area contributed by atoms with E-state index in [0.29, 0.717) is 19.1 Å². The number of piperidine rings is 1. The fourth-order valence-electron chi connectivity index (χ4n) is 3.74. The highest BCUT2D eigenvalue weighted by molar-refractivity contribution is 7.09. The molecule has 0 spiro atoms. The first-order valence-electron chi connectivity index (χ1n) is 9.31. The Kier molecular flexibility index (Phi) is 5.22. The lowest BCUT2D eigenvalue weighted by molar-refractivity contribution is 0.179. The van der Waals surface area contributed by atoms with Crippen LogP contribution in [0.25, 0.3) is 11.2 Å². The van der Waals surface area contributed by atoms with Gasteiger partial charge in [-0.05, 0) is 37.8 Å². The van der Waals surface area contributed by atoms with Crippen LogP contribution in [0.5, 0.6) is 0 Å². The standard InChI is InChI=1S/C18H24N6O2S/c1-3-23-14-5-4-8-19-16(14)24(18(23)25)11-13-6-9-22(10-7-13)17-20-15(12-26-2)21-27-17/h4-5,8,13H,3,6-7,9-12H2,1-2H3. The molecule has 0 unspecified atom stereocenters. The van der Waals surface area contributed by atoms with E-state index in [4.69, 9.17) is 4.74 Å². The van der Waals surface area contributed by atoms with E-state index in [0.717, 1.165) is 54.6 Å². The first-order valence-corrected chi connectivity index (χ1v) is 10.1. The topological polar surface area (TPSA) is 78.1 Å². The number of hydrogen-bond donors (Lipinski definition) is 0. The molecule has 0 atom stereocenters. The van der Waals surface area contributed by atoms with Crippen molar-refractivity contribution in [3.05, 3.63) is 34.6 Å². The van der Waals surface area contributed by atoms with Gasteiger partial charge >= 0.3 is 5.69 Å². The largest absolute Gasteiger partial charge is 0.377 e. The maximum absolute atomic E-state index is 12.8. The van der Waals surface area contributed by atoms with Gasteiger partial charge in [0.2, 0.25) is 5.13 Å². The molecule has 3 aromatic rings. The Morgan fingerprint density at radius 1 is 1.30 bits per heavy atom. The average Bonchev–Trinajstić information content (AvgIpc) is 3.26. The summed E-state index contributed by atoms with van der Waals surface area (Å²) in [4.78, 5) is 24.1. The number of fused-ring (bicyclic) bond motifs is 1. The lowest BCUT2D eigenvalue weighted by atomic mass is 9.97. The number of methoxy groups -OCH3 is 1. The molecule has 8 nitrogen and oxygen atoms in total. The van der Waals surface area contributed by atoms with Crippen LogP contribution in [0.3, 0.4) is 0 Å². The summed E-state index contributed by atoms with van der Waals surface area (Å²) in [5, 5.41) is 0.960. The van der Waals surface area contributed by atoms with Crippen LogP contribution < -0.4 is 10.6 Å². The van der Waals surface area contributed by atoms with Crippen LogP contribution in [0.15, 0.2) is 23.1 Å². The number of hydrogen-bond acceptors (Lipinski definition) is 7. The van der Waals surface area contributed by atoms with Gasteiger partial charge in [-0.3, -0.25) is 9.13 Å². The average molecular weight is 388 g/mol. The Balaban J connectivity index is 1.46. The van der Waals surface area contributed by atoms with Crippen LogP contribution in [0.2, 0.25) is 0 Å². The van der Waals surface area contributed by atoms with Crippen molar-refractivity contribution < 1.29 is 4.74 Å². The highest BCUT2D eigenvalue weighted by Crippen LogP contribution is 2.26. The zero-order chi connectivity index (χ0) is 18.8. The van der Waals surface area contributed by atoms with Crippen molar-refractivity contribution in [2.24, 2.45) is 5.92 Å². The highest BCUT2D eigenvalue weighted by Gasteiger charge is 2.24. The van der Waals surface area contributed by atoms with Gasteiger partial charge in [0.15, 0.2) is 11.5 Å². The maximum Gasteiger partial charge on any atom is 0.330 e. The number of rotatable bonds is 6. The molecule has 0 aliphatic carbocycles. The van der Waals surface area contributed by atoms with Gasteiger partial charge in [0.25, 0.3) is 0 Å². The van der Waals surface area contributed by atoms with Crippen LogP contribution in [0.4, 0.5) is 5.13 Å². The monoisotopic (exact) mass is 388 g/mol. The van der Waals surface area contributed by atoms with Crippen LogP contribution in [0.1, 0.15) is 25.6 Å². The van der Waals surface area contributed by atoms with Crippen molar-refractivity contribution in [2.75, 3.05) is 25.1 Å². The van der Waals surface area contributed by atoms with Crippen molar-refractivity contribution in [1.29, 1.82) is 0 Å². The van der Waals surface area contributed by atoms with E-state index >= 15 is 0 Å². The van der Waals surface area contributed by atoms with Crippen molar-refractivity contribution in [3.63, 3.8) is 0 Å². The minimum atomic E-state index is 0.0435. The summed E-state index contributed by atoms with van der Waals surface area (Å²) in [5.74, 6) is 1.20. The molecule has 3 aromatic heterocycles. The molecule has 0 N–H and O–H groups in total. The third kappa shape index (κ3) is 3.49. The second-order valence-corrected chi connectivity index (χ2v) is 7.57. The molecule has 1 aliphatic rings. The molecule has 144 valence electrons. The summed E-state index contributed by atoms with van der Waals surface area (Å²) in [6.45, 7) is 5.69. The fraction of sp³-hybridized carbons (Fsp3) is 0.556. The molecule has 0 aromatic carbocycles. The van der Waals surface area contributed by atoms with Gasteiger partial charge in [-0.25, -0.2) is 14.8 Å². The molecule has 4 rings (SSSR count). The summed E-state index contributed by atoms with van der Waals surface area (Å²) in [5.41, 5.74) is 1.75. The van der Waals surface area contributed by atoms with Crippen LogP contribution in [0, 0.1) is 5.92 Å². The summed E-state index contributed by atoms with van der Waals surface area (Å²) in [6, 6.07) is 3.86. The molecule has 1 saturated heterocycles. The van der Waals surface area contributed by atoms with E-state index in [1.54, 1.807) is 17.9 Å². The molecular formula is C18H24N6O2S. The number of nitrogens with zero attached hydrogens (tertiary/aromatic N) is 6. The predicted molar refractivity (Wildman–Crippen MR) is 105 cm³/mol. The van der Waals surface area contributed by atoms with Crippen LogP contribution in [-0.2, 0) is 24.4 Å². The maximum atomic E-state index is 12.8. The summed E-state index contributed by atoms with van der Waals surface area (Å²) < 4.78 is 13.1. The zero-order valence-corrected chi connectivity index (χ0v) is 16.5. The molecule has 0 saturated carbocycles. The number of pyridine rings is 1. The number of imidazole rings is 1. The molecule has 0 radical (unpaired) electrons. The second kappa shape index (κ2) is 7.77. The number of aromatic nitrogens is 5. The van der Waals surface area contributed by atoms with E-state index in [9.17, 15) is 4.79 Å². The van der Waals surface area contributed by atoms with Crippen molar-refractivity contribution in [3.8, 4) is 0 Å². The third-order valence-electron chi connectivity index (χ3n) is 5.15. The van der Waals surface area contributed by atoms with Gasteiger partial charge in [-0.2, -0.15) is 4.37 Å². The molecule has 0 amide bonds. The SMILES string of the molecule is CCn1c(=O)n(CC2CCN(c3nc(COC)ns3)CC2)c2ncccc21. The van der Waals surface area contributed by atoms with Crippen LogP contribution in [-0.4, -0.2) is 43.7 Å². The van der Waals surface area contributed by atoms with E-state index in [1.807, 2.05) is 23.6 Å². The molecular weight excluding hydrogens is 364 g/mol. The minimum absolute atomic E-state index is 0.0435. The summed E-state index contributed by atoms with van der Waals surface area (Å²) in [6.07, 6.45) is 3.81. The van der Waals surface area contributed by atoms with Gasteiger partial charge in [0.1, 0.15) is 6.61 Å². The Morgan fingerprint density at radius 2 is 2.11 bits per heavy atom. The van der Waals surface area contributed by atoms with Gasteiger partial charge in [0.05, 0.1) is 5.52 Å². The normalized spacial score (nSPS) is 15.7. The lowest BCUT2D eigenvalue weighted by Crippen LogP contribution is -2.36. The quantitative estimate of drug-likeness (QED) is 0.644. The molecule has 0 bridgehead atoms. The molecule has 4 heterocycles. The minimum Gasteiger partial charge on any atom is -0.377 e. The second-order valence-electron chi connectivity index (χ2n) is 6.84. The fourth-order valence-corrected chi connectivity index (χ4v) is 4.47. The first kappa shape index (κ1) is 18.1. The zero-order valence-electron chi connectivity index (χ0n) is 15.7. The number of anilines is 1. The van der Waals surface area contributed by atoms with E-state index < -0.39 is 0 Å². The summed E-state index contributed by atoms with van der Waals surface area (Å²) >= 11 is 1.43. The van der Waals surface area contributed by atoms with Crippen LogP contribution >= 0.6 is 11.5 Å². The van der Waals surface area contributed by atoms with Crippen molar-refractivity contribution >= 4 is 27.8 Å². The Morgan fingerprint density at radius 3 is 2.85 bits per heavy atom. The van der Waals surface area contributed by atoms with Gasteiger partial charge in [-0.1, -0.05) is 0 Å². The van der Waals surface area contributed by atoms with Crippen molar-refractivity contribution in [2.45, 2.75) is 39.5 Å². The van der Waals surface area contributed by atoms with Gasteiger partial charge in [-0.15, -0.1) is 0 Å².